The zero-order valence-corrected chi connectivity index (χ0v) is 53.3. The van der Waals surface area contributed by atoms with Gasteiger partial charge in [-0.2, -0.15) is 70.2 Å². The fraction of sp³-hybridized carbons (Fsp3) is 0.104. The molecule has 0 spiro atoms. The fourth-order valence-electron chi connectivity index (χ4n) is 8.18. The summed E-state index contributed by atoms with van der Waals surface area (Å²) in [4.78, 5) is 15.6. The molecule has 0 saturated heterocycles. The van der Waals surface area contributed by atoms with Gasteiger partial charge in [0.05, 0.1) is 54.8 Å². The standard InChI is InChI=1S/C18H13S2.C18H14S2.C18H15S.C8H4F6O3S.C4HF9O3S.CH4/c1-2-8-14(9-3-1)20-17-12-6-4-10-15(17)19-16-11-5-7-13-18(16)20;19-15-11-13-18(14-12-15)20(16-7-3-1-4-8-16)17-9-5-2-6-10-17;1-4-10-16(11-5-1)19(17-12-6-2-7-13-17)18-14-8-3-9-15-18;9-7(10,11)4-1-5(8(12,13)14)3-6(2-4)18-17-16-15;5-1(6,3(9,10)11)2(7,8)4(12,13)17(14,15)16;/h1-13H;1-14H;1-15H;1-3,15H;(H,14,15,16);1H4/q+1;;+1;;;/p-1. The van der Waals surface area contributed by atoms with E-state index in [0.29, 0.717) is 12.1 Å². The van der Waals surface area contributed by atoms with Gasteiger partial charge in [-0.25, -0.2) is 8.42 Å². The van der Waals surface area contributed by atoms with Crippen molar-refractivity contribution in [2.45, 2.75) is 107 Å². The van der Waals surface area contributed by atoms with Crippen molar-refractivity contribution < 1.29 is 93.5 Å². The Hall–Kier alpha value is -6.96. The number of fused-ring (bicyclic) bond motifs is 2. The molecule has 0 atom stereocenters. The number of alkyl halides is 15. The first-order valence-electron chi connectivity index (χ1n) is 26.6. The summed E-state index contributed by atoms with van der Waals surface area (Å²) in [6.07, 6.45) is -17.1. The second-order valence-electron chi connectivity index (χ2n) is 18.9. The van der Waals surface area contributed by atoms with Crippen molar-refractivity contribution in [2.24, 2.45) is 0 Å². The van der Waals surface area contributed by atoms with Gasteiger partial charge in [0.25, 0.3) is 0 Å². The largest absolute Gasteiger partial charge is 0.743 e. The summed E-state index contributed by atoms with van der Waals surface area (Å²) in [6, 6.07) is 91.1. The van der Waals surface area contributed by atoms with Crippen molar-refractivity contribution in [2.75, 3.05) is 0 Å². The van der Waals surface area contributed by atoms with Gasteiger partial charge in [-0.05, 0) is 140 Å². The monoisotopic (exact) mass is 1460 g/mol. The van der Waals surface area contributed by atoms with Crippen LogP contribution in [0.15, 0.2) is 337 Å². The lowest BCUT2D eigenvalue weighted by Gasteiger charge is -2.34. The average molecular weight is 1460 g/mol. The van der Waals surface area contributed by atoms with E-state index in [2.05, 4.69) is 277 Å². The lowest BCUT2D eigenvalue weighted by atomic mass is 10.1. The summed E-state index contributed by atoms with van der Waals surface area (Å²) in [5.41, 5.74) is -3.01. The molecule has 0 unspecified atom stereocenters. The molecule has 10 aromatic carbocycles. The number of hydrogen-bond donors (Lipinski definition) is 1. The molecule has 0 N–H and O–H groups in total. The van der Waals surface area contributed by atoms with Crippen LogP contribution in [0.4, 0.5) is 65.9 Å². The predicted octanol–water partition coefficient (Wildman–Crippen LogP) is 20.6. The van der Waals surface area contributed by atoms with Crippen molar-refractivity contribution in [3.63, 3.8) is 0 Å². The van der Waals surface area contributed by atoms with Crippen LogP contribution < -0.4 is 5.26 Å². The van der Waals surface area contributed by atoms with E-state index in [1.54, 1.807) is 0 Å². The molecule has 0 bridgehead atoms. The Labute approximate surface area is 559 Å². The Kier molecular flexibility index (Phi) is 27.4. The summed E-state index contributed by atoms with van der Waals surface area (Å²) in [5.74, 6) is -14.8. The zero-order valence-electron chi connectivity index (χ0n) is 47.5. The molecule has 0 radical (unpaired) electrons. The maximum absolute atomic E-state index is 12.3. The molecule has 1 heterocycles. The Balaban J connectivity index is 0.000000188. The molecule has 11 rings (SSSR count). The number of hydrogen-bond acceptors (Lipinski definition) is 9. The third-order valence-corrected chi connectivity index (χ3v) is 22.4. The van der Waals surface area contributed by atoms with E-state index in [0.717, 1.165) is 4.90 Å². The van der Waals surface area contributed by atoms with Gasteiger partial charge in [0, 0.05) is 9.79 Å². The van der Waals surface area contributed by atoms with E-state index >= 15 is 0 Å². The molecule has 6 nitrogen and oxygen atoms in total. The van der Waals surface area contributed by atoms with Crippen LogP contribution in [0.1, 0.15) is 18.6 Å². The Morgan fingerprint density at radius 2 is 0.726 bits per heavy atom. The van der Waals surface area contributed by atoms with Crippen LogP contribution in [-0.4, -0.2) is 36.2 Å². The minimum absolute atomic E-state index is 0. The maximum Gasteiger partial charge on any atom is 0.460 e. The normalized spacial score (nSPS) is 12.5. The molecule has 28 heteroatoms. The first-order valence-corrected chi connectivity index (χ1v) is 33.7. The molecule has 1 aliphatic heterocycles. The molecular formula is C67H50F15O6S7+. The van der Waals surface area contributed by atoms with Gasteiger partial charge >= 0.3 is 35.6 Å². The highest BCUT2D eigenvalue weighted by Gasteiger charge is 2.83. The molecule has 0 saturated carbocycles. The Bertz CT molecular complexity index is 3890. The lowest BCUT2D eigenvalue weighted by molar-refractivity contribution is -0.777. The first kappa shape index (κ1) is 77.1. The molecule has 1 aliphatic rings. The maximum atomic E-state index is 12.3. The predicted molar refractivity (Wildman–Crippen MR) is 338 cm³/mol. The molecule has 0 fully saturated rings. The highest BCUT2D eigenvalue weighted by atomic mass is 32.2. The van der Waals surface area contributed by atoms with Crippen molar-refractivity contribution in [1.29, 1.82) is 0 Å². The second-order valence-corrected chi connectivity index (χ2v) is 28.7. The minimum Gasteiger partial charge on any atom is -0.743 e. The molecule has 10 aromatic rings. The summed E-state index contributed by atoms with van der Waals surface area (Å²) in [7, 11) is -7.47. The van der Waals surface area contributed by atoms with Gasteiger partial charge in [-0.1, -0.05) is 153 Å². The molecule has 0 amide bonds. The van der Waals surface area contributed by atoms with Crippen LogP contribution in [0.5, 0.6) is 0 Å². The summed E-state index contributed by atoms with van der Waals surface area (Å²) >= 11 is 6.21. The molecule has 0 aliphatic carbocycles. The van der Waals surface area contributed by atoms with Gasteiger partial charge in [-0.3, -0.25) is 5.04 Å². The van der Waals surface area contributed by atoms with E-state index < -0.39 is 61.8 Å². The summed E-state index contributed by atoms with van der Waals surface area (Å²) in [5, 5.41) is 5.21. The van der Waals surface area contributed by atoms with Crippen LogP contribution >= 0.6 is 36.4 Å². The van der Waals surface area contributed by atoms with Crippen LogP contribution in [0.2, 0.25) is 0 Å². The van der Waals surface area contributed by atoms with Crippen LogP contribution in [0.25, 0.3) is 0 Å². The highest BCUT2D eigenvalue weighted by molar-refractivity contribution is 8.04. The topological polar surface area (TPSA) is 98.7 Å². The lowest BCUT2D eigenvalue weighted by Crippen LogP contribution is -2.63. The van der Waals surface area contributed by atoms with E-state index in [1.807, 2.05) is 11.8 Å². The Morgan fingerprint density at radius 3 is 1.03 bits per heavy atom. The number of benzene rings is 10. The van der Waals surface area contributed by atoms with Gasteiger partial charge in [0.2, 0.25) is 0 Å². The average Bonchev–Trinajstić information content (AvgIpc) is 0.733. The van der Waals surface area contributed by atoms with Crippen molar-refractivity contribution in [3.8, 4) is 0 Å². The van der Waals surface area contributed by atoms with Gasteiger partial charge in [0.1, 0.15) is 10.9 Å². The van der Waals surface area contributed by atoms with Gasteiger partial charge in [0.15, 0.2) is 54.2 Å². The van der Waals surface area contributed by atoms with Crippen LogP contribution in [0.3, 0.4) is 0 Å². The van der Waals surface area contributed by atoms with E-state index in [1.165, 1.54) is 53.9 Å². The van der Waals surface area contributed by atoms with Crippen LogP contribution in [-0.2, 0) is 64.5 Å². The fourth-order valence-corrected chi connectivity index (χ4v) is 17.2. The summed E-state index contributed by atoms with van der Waals surface area (Å²) < 4.78 is 213. The summed E-state index contributed by atoms with van der Waals surface area (Å²) in [6.45, 7) is 0. The Morgan fingerprint density at radius 1 is 0.421 bits per heavy atom. The smallest absolute Gasteiger partial charge is 0.460 e. The molecule has 0 aromatic heterocycles. The molecule has 95 heavy (non-hydrogen) atoms. The van der Waals surface area contributed by atoms with E-state index in [9.17, 15) is 84.1 Å². The first-order chi connectivity index (χ1) is 44.4. The quantitative estimate of drug-likeness (QED) is 0.0232. The molecule has 500 valence electrons. The van der Waals surface area contributed by atoms with Crippen molar-refractivity contribution >= 4 is 79.2 Å². The zero-order chi connectivity index (χ0) is 68.5. The van der Waals surface area contributed by atoms with E-state index in [4.69, 9.17) is 0 Å². The van der Waals surface area contributed by atoms with Crippen LogP contribution in [0, 0.1) is 0 Å². The number of halogens is 15. The third-order valence-electron chi connectivity index (χ3n) is 12.5. The number of thiol groups is 1. The highest BCUT2D eigenvalue weighted by Crippen LogP contribution is 2.55. The van der Waals surface area contributed by atoms with E-state index in [-0.39, 0.29) is 58.2 Å². The SMILES string of the molecule is C.O=S(=O)([O-])C(F)(F)C(F)(F)C(F)(F)C(F)(F)F.Sc1ccc([S+](c2ccccc2)c2ccccc2)cc1.[O-]OOSc1cc(C(F)(F)F)cc(C(F)(F)F)c1.c1ccc([S+](c2ccccc2)c2ccccc2)cc1.c1ccc([S+]2c3ccccc3Sc3ccccc32)cc1. The van der Waals surface area contributed by atoms with Crippen molar-refractivity contribution in [1.82, 2.24) is 0 Å². The minimum atomic E-state index is -7.43. The molecular weight excluding hydrogens is 1410 g/mol. The second kappa shape index (κ2) is 33.8. The third kappa shape index (κ3) is 20.1. The van der Waals surface area contributed by atoms with Gasteiger partial charge < -0.3 is 9.81 Å². The number of rotatable bonds is 13. The van der Waals surface area contributed by atoms with Gasteiger partial charge in [-0.15, -0.1) is 12.6 Å². The van der Waals surface area contributed by atoms with Crippen molar-refractivity contribution in [3.05, 3.63) is 284 Å².